The molecular formula is C12H18N2O2. The quantitative estimate of drug-likeness (QED) is 0.645. The number of carbonyl (C=O) groups excluding carboxylic acids is 2. The minimum atomic E-state index is 0.0654. The molecule has 16 heavy (non-hydrogen) atoms. The van der Waals surface area contributed by atoms with E-state index in [4.69, 9.17) is 0 Å². The molecule has 3 unspecified atom stereocenters. The Kier molecular flexibility index (Phi) is 2.28. The minimum absolute atomic E-state index is 0.0654. The van der Waals surface area contributed by atoms with Crippen LogP contribution in [0.1, 0.15) is 32.1 Å². The molecule has 0 aromatic carbocycles. The molecule has 0 saturated carbocycles. The molecule has 3 fully saturated rings. The van der Waals surface area contributed by atoms with E-state index in [1.807, 2.05) is 11.9 Å². The van der Waals surface area contributed by atoms with Crippen molar-refractivity contribution in [3.05, 3.63) is 0 Å². The van der Waals surface area contributed by atoms with Gasteiger partial charge in [0.15, 0.2) is 0 Å². The van der Waals surface area contributed by atoms with Crippen LogP contribution in [0.5, 0.6) is 0 Å². The van der Waals surface area contributed by atoms with Crippen molar-refractivity contribution < 1.29 is 9.59 Å². The van der Waals surface area contributed by atoms with Crippen molar-refractivity contribution in [2.45, 2.75) is 50.2 Å². The maximum absolute atomic E-state index is 12.0. The molecule has 1 amide bonds. The fraction of sp³-hybridized carbons (Fsp3) is 0.833. The summed E-state index contributed by atoms with van der Waals surface area (Å²) in [6.07, 6.45) is 4.48. The number of Topliss-reactive ketones (excluding diaryl/α,β-unsaturated/α-hetero) is 1. The summed E-state index contributed by atoms with van der Waals surface area (Å²) in [5.41, 5.74) is 0. The summed E-state index contributed by atoms with van der Waals surface area (Å²) in [5, 5.41) is 0. The first-order valence-electron chi connectivity index (χ1n) is 6.21. The van der Waals surface area contributed by atoms with Crippen molar-refractivity contribution in [3.8, 4) is 0 Å². The third-order valence-corrected chi connectivity index (χ3v) is 4.36. The van der Waals surface area contributed by atoms with Gasteiger partial charge in [-0.3, -0.25) is 14.5 Å². The molecule has 0 aliphatic carbocycles. The van der Waals surface area contributed by atoms with Crippen LogP contribution in [0.4, 0.5) is 0 Å². The first-order valence-corrected chi connectivity index (χ1v) is 6.21. The number of piperidine rings is 1. The maximum atomic E-state index is 12.0. The number of rotatable bonds is 1. The molecule has 0 aromatic heterocycles. The summed E-state index contributed by atoms with van der Waals surface area (Å²) in [5.74, 6) is 0.647. The maximum Gasteiger partial charge on any atom is 0.239 e. The van der Waals surface area contributed by atoms with Crippen LogP contribution in [0.15, 0.2) is 0 Å². The largest absolute Gasteiger partial charge is 0.344 e. The lowest BCUT2D eigenvalue weighted by atomic mass is 9.98. The smallest absolute Gasteiger partial charge is 0.239 e. The van der Waals surface area contributed by atoms with Gasteiger partial charge in [-0.05, 0) is 19.3 Å². The summed E-state index contributed by atoms with van der Waals surface area (Å²) in [6, 6.07) is 0.772. The van der Waals surface area contributed by atoms with Crippen molar-refractivity contribution in [3.63, 3.8) is 0 Å². The van der Waals surface area contributed by atoms with Crippen LogP contribution in [0.2, 0.25) is 0 Å². The van der Waals surface area contributed by atoms with Gasteiger partial charge in [-0.15, -0.1) is 0 Å². The van der Waals surface area contributed by atoms with E-state index in [2.05, 4.69) is 4.90 Å². The van der Waals surface area contributed by atoms with Gasteiger partial charge in [0.2, 0.25) is 5.91 Å². The van der Waals surface area contributed by atoms with Gasteiger partial charge in [0.25, 0.3) is 0 Å². The summed E-state index contributed by atoms with van der Waals surface area (Å²) >= 11 is 0. The number of nitrogens with zero attached hydrogens (tertiary/aromatic N) is 2. The average Bonchev–Trinajstić information content (AvgIpc) is 2.69. The summed E-state index contributed by atoms with van der Waals surface area (Å²) < 4.78 is 0. The van der Waals surface area contributed by atoms with Gasteiger partial charge < -0.3 is 4.90 Å². The SMILES string of the molecule is CN1CCC(N2C3CCC2CC(=O)C3)C1=O. The zero-order valence-electron chi connectivity index (χ0n) is 9.69. The second kappa shape index (κ2) is 3.55. The molecule has 3 aliphatic rings. The van der Waals surface area contributed by atoms with Gasteiger partial charge in [0.05, 0.1) is 6.04 Å². The van der Waals surface area contributed by atoms with Crippen LogP contribution >= 0.6 is 0 Å². The van der Waals surface area contributed by atoms with Crippen LogP contribution in [0.3, 0.4) is 0 Å². The van der Waals surface area contributed by atoms with E-state index in [1.165, 1.54) is 0 Å². The Labute approximate surface area is 95.6 Å². The zero-order chi connectivity index (χ0) is 11.3. The molecular weight excluding hydrogens is 204 g/mol. The average molecular weight is 222 g/mol. The number of ketones is 1. The number of likely N-dealkylation sites (tertiary alicyclic amines) is 1. The lowest BCUT2D eigenvalue weighted by molar-refractivity contribution is -0.135. The topological polar surface area (TPSA) is 40.6 Å². The van der Waals surface area contributed by atoms with Crippen molar-refractivity contribution in [2.75, 3.05) is 13.6 Å². The van der Waals surface area contributed by atoms with Crippen molar-refractivity contribution in [1.82, 2.24) is 9.80 Å². The lowest BCUT2D eigenvalue weighted by Gasteiger charge is -2.37. The number of fused-ring (bicyclic) bond motifs is 2. The molecule has 0 spiro atoms. The number of hydrogen-bond acceptors (Lipinski definition) is 3. The van der Waals surface area contributed by atoms with Crippen molar-refractivity contribution >= 4 is 11.7 Å². The molecule has 2 bridgehead atoms. The summed E-state index contributed by atoms with van der Waals surface area (Å²) in [7, 11) is 1.87. The zero-order valence-corrected chi connectivity index (χ0v) is 9.69. The Morgan fingerprint density at radius 3 is 2.19 bits per heavy atom. The predicted molar refractivity (Wildman–Crippen MR) is 58.9 cm³/mol. The predicted octanol–water partition coefficient (Wildman–Crippen LogP) is 0.413. The van der Waals surface area contributed by atoms with E-state index in [9.17, 15) is 9.59 Å². The molecule has 3 atom stereocenters. The van der Waals surface area contributed by atoms with E-state index in [0.29, 0.717) is 30.7 Å². The molecule has 88 valence electrons. The normalized spacial score (nSPS) is 39.8. The number of likely N-dealkylation sites (N-methyl/N-ethyl adjacent to an activating group) is 1. The van der Waals surface area contributed by atoms with Gasteiger partial charge >= 0.3 is 0 Å². The van der Waals surface area contributed by atoms with Crippen LogP contribution in [0.25, 0.3) is 0 Å². The Hall–Kier alpha value is -0.900. The fourth-order valence-electron chi connectivity index (χ4n) is 3.59. The second-order valence-electron chi connectivity index (χ2n) is 5.34. The van der Waals surface area contributed by atoms with Crippen LogP contribution in [-0.4, -0.2) is 53.2 Å². The molecule has 0 N–H and O–H groups in total. The number of amides is 1. The van der Waals surface area contributed by atoms with Gasteiger partial charge in [-0.1, -0.05) is 0 Å². The molecule has 3 heterocycles. The molecule has 0 radical (unpaired) electrons. The van der Waals surface area contributed by atoms with Crippen molar-refractivity contribution in [2.24, 2.45) is 0 Å². The minimum Gasteiger partial charge on any atom is -0.344 e. The Balaban J connectivity index is 1.81. The highest BCUT2D eigenvalue weighted by atomic mass is 16.2. The fourth-order valence-corrected chi connectivity index (χ4v) is 3.59. The molecule has 4 nitrogen and oxygen atoms in total. The van der Waals surface area contributed by atoms with Crippen LogP contribution in [-0.2, 0) is 9.59 Å². The van der Waals surface area contributed by atoms with Crippen LogP contribution in [0, 0.1) is 0 Å². The number of carbonyl (C=O) groups is 2. The highest BCUT2D eigenvalue weighted by molar-refractivity contribution is 5.85. The van der Waals surface area contributed by atoms with E-state index in [0.717, 1.165) is 25.8 Å². The summed E-state index contributed by atoms with van der Waals surface area (Å²) in [4.78, 5) is 27.7. The highest BCUT2D eigenvalue weighted by Crippen LogP contribution is 2.37. The summed E-state index contributed by atoms with van der Waals surface area (Å²) in [6.45, 7) is 0.868. The van der Waals surface area contributed by atoms with E-state index < -0.39 is 0 Å². The highest BCUT2D eigenvalue weighted by Gasteiger charge is 2.47. The van der Waals surface area contributed by atoms with E-state index in [1.54, 1.807) is 0 Å². The Morgan fingerprint density at radius 1 is 1.06 bits per heavy atom. The van der Waals surface area contributed by atoms with E-state index in [-0.39, 0.29) is 11.9 Å². The second-order valence-corrected chi connectivity index (χ2v) is 5.34. The standard InChI is InChI=1S/C12H18N2O2/c1-13-5-4-11(12(13)16)14-8-2-3-9(14)7-10(15)6-8/h8-9,11H,2-7H2,1H3. The van der Waals surface area contributed by atoms with Crippen LogP contribution < -0.4 is 0 Å². The molecule has 4 heteroatoms. The number of hydrogen-bond donors (Lipinski definition) is 0. The first-order chi connectivity index (χ1) is 7.66. The Bertz CT molecular complexity index is 326. The monoisotopic (exact) mass is 222 g/mol. The molecule has 3 aliphatic heterocycles. The molecule has 0 aromatic rings. The molecule has 3 saturated heterocycles. The van der Waals surface area contributed by atoms with Crippen molar-refractivity contribution in [1.29, 1.82) is 0 Å². The molecule has 3 rings (SSSR count). The third kappa shape index (κ3) is 1.39. The van der Waals surface area contributed by atoms with E-state index >= 15 is 0 Å². The van der Waals surface area contributed by atoms with Gasteiger partial charge in [-0.25, -0.2) is 0 Å². The van der Waals surface area contributed by atoms with Gasteiger partial charge in [0, 0.05) is 38.5 Å². The first kappa shape index (κ1) is 10.3. The van der Waals surface area contributed by atoms with Gasteiger partial charge in [-0.2, -0.15) is 0 Å². The van der Waals surface area contributed by atoms with Gasteiger partial charge in [0.1, 0.15) is 5.78 Å². The third-order valence-electron chi connectivity index (χ3n) is 4.36. The lowest BCUT2D eigenvalue weighted by Crippen LogP contribution is -2.51. The Morgan fingerprint density at radius 2 is 1.69 bits per heavy atom.